The molecule has 1 atom stereocenters. The van der Waals surface area contributed by atoms with Gasteiger partial charge in [-0.15, -0.1) is 0 Å². The lowest BCUT2D eigenvalue weighted by Gasteiger charge is -2.30. The van der Waals surface area contributed by atoms with E-state index < -0.39 is 0 Å². The summed E-state index contributed by atoms with van der Waals surface area (Å²) < 4.78 is 14.1. The molecule has 1 saturated heterocycles. The van der Waals surface area contributed by atoms with Crippen molar-refractivity contribution in [3.63, 3.8) is 0 Å². The molecule has 3 heterocycles. The Hall–Kier alpha value is -2.26. The highest BCUT2D eigenvalue weighted by molar-refractivity contribution is 8.00. The molecule has 3 aromatic rings. The Balaban J connectivity index is 1.45. The maximum Gasteiger partial charge on any atom is 0.234 e. The average molecular weight is 418 g/mol. The standard InChI is InChI=1S/C19H20FN5OS2/c1-12-4-3-7-25(9-12)19-24-17-16(28-19)18(22-11-21-17)27-10-15(26)23-14-6-2-5-13(20)8-14/h2,5-6,8,11-12H,3-4,7,9-10H2,1H3,(H,23,26)/t12-/m0/s1. The fourth-order valence-electron chi connectivity index (χ4n) is 3.22. The number of nitrogens with one attached hydrogen (secondary N) is 1. The molecule has 4 rings (SSSR count). The van der Waals surface area contributed by atoms with Crippen molar-refractivity contribution in [3.8, 4) is 0 Å². The minimum absolute atomic E-state index is 0.177. The third-order valence-electron chi connectivity index (χ3n) is 4.52. The van der Waals surface area contributed by atoms with Crippen LogP contribution in [-0.4, -0.2) is 39.7 Å². The van der Waals surface area contributed by atoms with Gasteiger partial charge in [0.2, 0.25) is 5.91 Å². The van der Waals surface area contributed by atoms with Crippen LogP contribution in [0.2, 0.25) is 0 Å². The lowest BCUT2D eigenvalue weighted by Crippen LogP contribution is -2.34. The highest BCUT2D eigenvalue weighted by Gasteiger charge is 2.21. The zero-order valence-corrected chi connectivity index (χ0v) is 17.0. The van der Waals surface area contributed by atoms with E-state index in [1.807, 2.05) is 0 Å². The summed E-state index contributed by atoms with van der Waals surface area (Å²) in [5.74, 6) is 0.243. The molecule has 0 bridgehead atoms. The van der Waals surface area contributed by atoms with Crippen LogP contribution in [0.1, 0.15) is 19.8 Å². The molecule has 1 N–H and O–H groups in total. The Kier molecular flexibility index (Phi) is 5.72. The van der Waals surface area contributed by atoms with Crippen LogP contribution in [-0.2, 0) is 4.79 Å². The molecule has 0 spiro atoms. The molecule has 1 aliphatic rings. The van der Waals surface area contributed by atoms with Gasteiger partial charge in [-0.05, 0) is 37.0 Å². The molecule has 6 nitrogen and oxygen atoms in total. The number of benzene rings is 1. The monoisotopic (exact) mass is 417 g/mol. The topological polar surface area (TPSA) is 71.0 Å². The molecule has 1 aliphatic heterocycles. The van der Waals surface area contributed by atoms with Gasteiger partial charge < -0.3 is 10.2 Å². The van der Waals surface area contributed by atoms with Gasteiger partial charge in [-0.25, -0.2) is 14.4 Å². The van der Waals surface area contributed by atoms with E-state index in [0.29, 0.717) is 17.3 Å². The second-order valence-corrected chi connectivity index (χ2v) is 8.81. The predicted molar refractivity (Wildman–Crippen MR) is 112 cm³/mol. The zero-order chi connectivity index (χ0) is 19.5. The average Bonchev–Trinajstić information content (AvgIpc) is 3.11. The Morgan fingerprint density at radius 1 is 1.43 bits per heavy atom. The summed E-state index contributed by atoms with van der Waals surface area (Å²) in [4.78, 5) is 27.8. The van der Waals surface area contributed by atoms with E-state index in [0.717, 1.165) is 27.9 Å². The molecule has 0 aliphatic carbocycles. The van der Waals surface area contributed by atoms with Crippen molar-refractivity contribution in [1.82, 2.24) is 15.0 Å². The van der Waals surface area contributed by atoms with Crippen molar-refractivity contribution in [2.75, 3.05) is 29.1 Å². The second-order valence-electron chi connectivity index (χ2n) is 6.87. The number of hydrogen-bond acceptors (Lipinski definition) is 7. The van der Waals surface area contributed by atoms with Crippen molar-refractivity contribution in [2.24, 2.45) is 5.92 Å². The molecule has 28 heavy (non-hydrogen) atoms. The Morgan fingerprint density at radius 2 is 2.32 bits per heavy atom. The van der Waals surface area contributed by atoms with E-state index >= 15 is 0 Å². The van der Waals surface area contributed by atoms with E-state index in [2.05, 4.69) is 32.1 Å². The molecule has 9 heteroatoms. The fraction of sp³-hybridized carbons (Fsp3) is 0.368. The summed E-state index contributed by atoms with van der Waals surface area (Å²) in [5.41, 5.74) is 1.11. The molecule has 0 saturated carbocycles. The number of thiazole rings is 1. The number of halogens is 1. The summed E-state index contributed by atoms with van der Waals surface area (Å²) in [6.07, 6.45) is 3.91. The third-order valence-corrected chi connectivity index (χ3v) is 6.75. The molecule has 1 fully saturated rings. The van der Waals surface area contributed by atoms with E-state index in [4.69, 9.17) is 0 Å². The van der Waals surface area contributed by atoms with Gasteiger partial charge in [0.25, 0.3) is 0 Å². The van der Waals surface area contributed by atoms with E-state index in [1.54, 1.807) is 23.5 Å². The molecule has 1 amide bonds. The van der Waals surface area contributed by atoms with Gasteiger partial charge in [0.15, 0.2) is 10.8 Å². The Bertz CT molecular complexity index is 995. The van der Waals surface area contributed by atoms with Crippen molar-refractivity contribution < 1.29 is 9.18 Å². The summed E-state index contributed by atoms with van der Waals surface area (Å²) in [6.45, 7) is 4.28. The third kappa shape index (κ3) is 4.41. The first-order chi connectivity index (χ1) is 13.6. The van der Waals surface area contributed by atoms with Gasteiger partial charge in [-0.2, -0.15) is 4.98 Å². The van der Waals surface area contributed by atoms with Crippen molar-refractivity contribution in [3.05, 3.63) is 36.4 Å². The number of carbonyl (C=O) groups is 1. The first-order valence-electron chi connectivity index (χ1n) is 9.13. The molecular weight excluding hydrogens is 397 g/mol. The lowest BCUT2D eigenvalue weighted by atomic mass is 10.0. The molecule has 2 aromatic heterocycles. The fourth-order valence-corrected chi connectivity index (χ4v) is 5.15. The van der Waals surface area contributed by atoms with Crippen LogP contribution in [0.4, 0.5) is 15.2 Å². The minimum atomic E-state index is -0.382. The lowest BCUT2D eigenvalue weighted by molar-refractivity contribution is -0.113. The molecule has 0 radical (unpaired) electrons. The van der Waals surface area contributed by atoms with E-state index in [1.165, 1.54) is 43.1 Å². The minimum Gasteiger partial charge on any atom is -0.348 e. The van der Waals surface area contributed by atoms with Crippen LogP contribution in [0.15, 0.2) is 35.6 Å². The predicted octanol–water partition coefficient (Wildman–Crippen LogP) is 4.19. The number of nitrogens with zero attached hydrogens (tertiary/aromatic N) is 4. The van der Waals surface area contributed by atoms with Crippen LogP contribution in [0.5, 0.6) is 0 Å². The quantitative estimate of drug-likeness (QED) is 0.496. The van der Waals surface area contributed by atoms with Crippen LogP contribution in [0.25, 0.3) is 10.3 Å². The zero-order valence-electron chi connectivity index (χ0n) is 15.4. The van der Waals surface area contributed by atoms with Crippen molar-refractivity contribution in [2.45, 2.75) is 24.8 Å². The largest absolute Gasteiger partial charge is 0.348 e. The molecule has 1 aromatic carbocycles. The first kappa shape index (κ1) is 19.1. The first-order valence-corrected chi connectivity index (χ1v) is 10.9. The van der Waals surface area contributed by atoms with Crippen molar-refractivity contribution in [1.29, 1.82) is 0 Å². The Morgan fingerprint density at radius 3 is 3.14 bits per heavy atom. The smallest absolute Gasteiger partial charge is 0.234 e. The highest BCUT2D eigenvalue weighted by Crippen LogP contribution is 2.35. The number of thioether (sulfide) groups is 1. The maximum atomic E-state index is 13.2. The van der Waals surface area contributed by atoms with Gasteiger partial charge in [0, 0.05) is 18.8 Å². The van der Waals surface area contributed by atoms with Gasteiger partial charge in [-0.1, -0.05) is 36.1 Å². The van der Waals surface area contributed by atoms with Gasteiger partial charge in [0.1, 0.15) is 21.9 Å². The van der Waals surface area contributed by atoms with Crippen molar-refractivity contribution >= 4 is 50.2 Å². The van der Waals surface area contributed by atoms with Crippen LogP contribution >= 0.6 is 23.1 Å². The summed E-state index contributed by atoms with van der Waals surface area (Å²) in [5, 5.41) is 4.41. The number of carbonyl (C=O) groups excluding carboxylic acids is 1. The van der Waals surface area contributed by atoms with Gasteiger partial charge >= 0.3 is 0 Å². The van der Waals surface area contributed by atoms with Crippen LogP contribution in [0.3, 0.4) is 0 Å². The van der Waals surface area contributed by atoms with Crippen LogP contribution in [0, 0.1) is 11.7 Å². The van der Waals surface area contributed by atoms with Crippen LogP contribution < -0.4 is 10.2 Å². The number of anilines is 2. The number of fused-ring (bicyclic) bond motifs is 1. The number of amides is 1. The summed E-state index contributed by atoms with van der Waals surface area (Å²) in [6, 6.07) is 5.85. The van der Waals surface area contributed by atoms with E-state index in [9.17, 15) is 9.18 Å². The number of hydrogen-bond donors (Lipinski definition) is 1. The maximum absolute atomic E-state index is 13.2. The van der Waals surface area contributed by atoms with E-state index in [-0.39, 0.29) is 17.5 Å². The number of rotatable bonds is 5. The SMILES string of the molecule is C[C@H]1CCCN(c2nc3ncnc(SCC(=O)Nc4cccc(F)c4)c3s2)C1. The highest BCUT2D eigenvalue weighted by atomic mass is 32.2. The molecular formula is C19H20FN5OS2. The number of piperidine rings is 1. The second kappa shape index (κ2) is 8.40. The Labute approximate surface area is 170 Å². The van der Waals surface area contributed by atoms with Gasteiger partial charge in [-0.3, -0.25) is 4.79 Å². The van der Waals surface area contributed by atoms with Gasteiger partial charge in [0.05, 0.1) is 5.75 Å². The summed E-state index contributed by atoms with van der Waals surface area (Å²) >= 11 is 2.91. The number of aromatic nitrogens is 3. The summed E-state index contributed by atoms with van der Waals surface area (Å²) in [7, 11) is 0. The molecule has 0 unspecified atom stereocenters. The molecule has 146 valence electrons. The normalized spacial score (nSPS) is 17.1.